The van der Waals surface area contributed by atoms with E-state index in [1.807, 2.05) is 38.1 Å². The molecule has 0 aromatic heterocycles. The second-order valence-corrected chi connectivity index (χ2v) is 7.21. The first kappa shape index (κ1) is 19.1. The number of hydrogen-bond donors (Lipinski definition) is 2. The number of amides is 2. The molecule has 0 saturated carbocycles. The van der Waals surface area contributed by atoms with Crippen molar-refractivity contribution >= 4 is 17.5 Å². The standard InChI is InChI=1S/C22H24N2O5/c1-3-27-18-9-14-8-13(2)28-19(14)10-15(18)12-23-21(25)11-20-22(26)24-16-6-4-5-7-17(16)29-20/h4-7,9-10,13,20H,3,8,11-12H2,1-2H3,(H,23,25)(H,24,26)/t13-,20-/m1/s1. The van der Waals surface area contributed by atoms with Gasteiger partial charge in [0.15, 0.2) is 6.10 Å². The minimum atomic E-state index is -0.861. The number of ether oxygens (including phenoxy) is 3. The van der Waals surface area contributed by atoms with Crippen LogP contribution in [-0.2, 0) is 22.6 Å². The maximum absolute atomic E-state index is 12.5. The molecule has 2 atom stereocenters. The van der Waals surface area contributed by atoms with Crippen LogP contribution in [0.3, 0.4) is 0 Å². The van der Waals surface area contributed by atoms with E-state index in [1.54, 1.807) is 12.1 Å². The van der Waals surface area contributed by atoms with Crippen molar-refractivity contribution in [2.45, 2.75) is 45.4 Å². The Morgan fingerprint density at radius 3 is 2.90 bits per heavy atom. The highest BCUT2D eigenvalue weighted by Crippen LogP contribution is 2.35. The Bertz CT molecular complexity index is 943. The molecule has 2 heterocycles. The van der Waals surface area contributed by atoms with E-state index in [2.05, 4.69) is 10.6 Å². The van der Waals surface area contributed by atoms with Gasteiger partial charge in [0.25, 0.3) is 5.91 Å². The molecule has 0 bridgehead atoms. The number of fused-ring (bicyclic) bond motifs is 2. The van der Waals surface area contributed by atoms with Crippen molar-refractivity contribution in [3.05, 3.63) is 47.5 Å². The van der Waals surface area contributed by atoms with Gasteiger partial charge in [-0.2, -0.15) is 0 Å². The summed E-state index contributed by atoms with van der Waals surface area (Å²) in [6.07, 6.45) is 0.0508. The van der Waals surface area contributed by atoms with E-state index in [0.29, 0.717) is 18.0 Å². The molecule has 29 heavy (non-hydrogen) atoms. The average molecular weight is 396 g/mol. The largest absolute Gasteiger partial charge is 0.494 e. The van der Waals surface area contributed by atoms with Gasteiger partial charge in [-0.05, 0) is 38.1 Å². The summed E-state index contributed by atoms with van der Waals surface area (Å²) in [5.41, 5.74) is 2.57. The predicted molar refractivity (Wildman–Crippen MR) is 107 cm³/mol. The molecule has 0 aliphatic carbocycles. The highest BCUT2D eigenvalue weighted by Gasteiger charge is 2.29. The van der Waals surface area contributed by atoms with Crippen LogP contribution in [-0.4, -0.2) is 30.6 Å². The zero-order valence-electron chi connectivity index (χ0n) is 16.5. The van der Waals surface area contributed by atoms with Crippen molar-refractivity contribution in [2.75, 3.05) is 11.9 Å². The molecule has 2 N–H and O–H groups in total. The fourth-order valence-corrected chi connectivity index (χ4v) is 3.57. The van der Waals surface area contributed by atoms with Crippen LogP contribution in [0.2, 0.25) is 0 Å². The van der Waals surface area contributed by atoms with Crippen LogP contribution in [0.15, 0.2) is 36.4 Å². The Morgan fingerprint density at radius 1 is 1.24 bits per heavy atom. The fraction of sp³-hybridized carbons (Fsp3) is 0.364. The first-order valence-corrected chi connectivity index (χ1v) is 9.82. The zero-order chi connectivity index (χ0) is 20.4. The quantitative estimate of drug-likeness (QED) is 0.784. The number of anilines is 1. The van der Waals surface area contributed by atoms with Gasteiger partial charge >= 0.3 is 0 Å². The van der Waals surface area contributed by atoms with Gasteiger partial charge in [0, 0.05) is 24.1 Å². The van der Waals surface area contributed by atoms with Crippen molar-refractivity contribution in [3.8, 4) is 17.2 Å². The molecule has 0 fully saturated rings. The summed E-state index contributed by atoms with van der Waals surface area (Å²) in [5, 5.41) is 5.62. The van der Waals surface area contributed by atoms with E-state index >= 15 is 0 Å². The Labute approximate surface area is 169 Å². The summed E-state index contributed by atoms with van der Waals surface area (Å²) in [6, 6.07) is 11.1. The van der Waals surface area contributed by atoms with Crippen LogP contribution in [0.5, 0.6) is 17.2 Å². The molecule has 0 spiro atoms. The highest BCUT2D eigenvalue weighted by molar-refractivity contribution is 5.99. The van der Waals surface area contributed by atoms with E-state index in [0.717, 1.165) is 29.0 Å². The minimum absolute atomic E-state index is 0.0669. The van der Waals surface area contributed by atoms with Gasteiger partial charge in [-0.15, -0.1) is 0 Å². The molecular weight excluding hydrogens is 372 g/mol. The van der Waals surface area contributed by atoms with Crippen molar-refractivity contribution in [3.63, 3.8) is 0 Å². The van der Waals surface area contributed by atoms with E-state index in [9.17, 15) is 9.59 Å². The molecule has 2 amide bonds. The Balaban J connectivity index is 1.40. The Morgan fingerprint density at radius 2 is 2.07 bits per heavy atom. The molecule has 7 heteroatoms. The first-order chi connectivity index (χ1) is 14.0. The molecule has 2 aromatic carbocycles. The fourth-order valence-electron chi connectivity index (χ4n) is 3.57. The number of hydrogen-bond acceptors (Lipinski definition) is 5. The van der Waals surface area contributed by atoms with Crippen molar-refractivity contribution in [1.82, 2.24) is 5.32 Å². The molecule has 4 rings (SSSR count). The van der Waals surface area contributed by atoms with Crippen LogP contribution in [0.1, 0.15) is 31.4 Å². The third-order valence-electron chi connectivity index (χ3n) is 4.93. The van der Waals surface area contributed by atoms with Gasteiger partial charge in [0.05, 0.1) is 18.7 Å². The molecule has 152 valence electrons. The maximum atomic E-state index is 12.5. The van der Waals surface area contributed by atoms with Gasteiger partial charge in [0.2, 0.25) is 5.91 Å². The monoisotopic (exact) mass is 396 g/mol. The molecule has 2 aliphatic heterocycles. The zero-order valence-corrected chi connectivity index (χ0v) is 16.5. The molecule has 0 unspecified atom stereocenters. The topological polar surface area (TPSA) is 85.9 Å². The van der Waals surface area contributed by atoms with E-state index in [-0.39, 0.29) is 30.9 Å². The lowest BCUT2D eigenvalue weighted by Crippen LogP contribution is -2.40. The second-order valence-electron chi connectivity index (χ2n) is 7.21. The Kier molecular flexibility index (Phi) is 5.29. The van der Waals surface area contributed by atoms with Gasteiger partial charge in [-0.3, -0.25) is 9.59 Å². The molecular formula is C22H24N2O5. The third-order valence-corrected chi connectivity index (χ3v) is 4.93. The van der Waals surface area contributed by atoms with Gasteiger partial charge < -0.3 is 24.8 Å². The Hall–Kier alpha value is -3.22. The third kappa shape index (κ3) is 4.13. The minimum Gasteiger partial charge on any atom is -0.494 e. The SMILES string of the molecule is CCOc1cc2c(cc1CNC(=O)C[C@H]1Oc3ccccc3NC1=O)O[C@H](C)C2. The molecule has 7 nitrogen and oxygen atoms in total. The summed E-state index contributed by atoms with van der Waals surface area (Å²) in [5.74, 6) is 1.53. The van der Waals surface area contributed by atoms with E-state index < -0.39 is 6.10 Å². The van der Waals surface area contributed by atoms with E-state index in [1.165, 1.54) is 0 Å². The lowest BCUT2D eigenvalue weighted by Gasteiger charge is -2.25. The van der Waals surface area contributed by atoms with Crippen LogP contribution in [0, 0.1) is 0 Å². The lowest BCUT2D eigenvalue weighted by molar-refractivity contribution is -0.130. The van der Waals surface area contributed by atoms with Gasteiger partial charge in [0.1, 0.15) is 23.4 Å². The molecule has 0 saturated heterocycles. The summed E-state index contributed by atoms with van der Waals surface area (Å²) >= 11 is 0. The molecule has 0 radical (unpaired) electrons. The molecule has 2 aliphatic rings. The summed E-state index contributed by atoms with van der Waals surface area (Å²) in [4.78, 5) is 24.7. The first-order valence-electron chi connectivity index (χ1n) is 9.82. The van der Waals surface area contributed by atoms with Gasteiger partial charge in [-0.25, -0.2) is 0 Å². The molecule has 2 aromatic rings. The number of carbonyl (C=O) groups excluding carboxylic acids is 2. The maximum Gasteiger partial charge on any atom is 0.266 e. The summed E-state index contributed by atoms with van der Waals surface area (Å²) < 4.78 is 17.2. The van der Waals surface area contributed by atoms with Gasteiger partial charge in [-0.1, -0.05) is 12.1 Å². The highest BCUT2D eigenvalue weighted by atomic mass is 16.5. The van der Waals surface area contributed by atoms with Crippen LogP contribution < -0.4 is 24.8 Å². The van der Waals surface area contributed by atoms with E-state index in [4.69, 9.17) is 14.2 Å². The second kappa shape index (κ2) is 8.03. The number of nitrogens with one attached hydrogen (secondary N) is 2. The number of para-hydroxylation sites is 2. The number of rotatable bonds is 6. The smallest absolute Gasteiger partial charge is 0.266 e. The lowest BCUT2D eigenvalue weighted by atomic mass is 10.1. The van der Waals surface area contributed by atoms with Crippen LogP contribution >= 0.6 is 0 Å². The predicted octanol–water partition coefficient (Wildman–Crippen LogP) is 2.81. The number of benzene rings is 2. The van der Waals surface area contributed by atoms with Crippen molar-refractivity contribution < 1.29 is 23.8 Å². The van der Waals surface area contributed by atoms with Crippen molar-refractivity contribution in [2.24, 2.45) is 0 Å². The average Bonchev–Trinajstić information content (AvgIpc) is 3.06. The van der Waals surface area contributed by atoms with Crippen LogP contribution in [0.25, 0.3) is 0 Å². The summed E-state index contributed by atoms with van der Waals surface area (Å²) in [6.45, 7) is 4.76. The van der Waals surface area contributed by atoms with Crippen molar-refractivity contribution in [1.29, 1.82) is 0 Å². The summed E-state index contributed by atoms with van der Waals surface area (Å²) in [7, 11) is 0. The normalized spacial score (nSPS) is 19.3. The van der Waals surface area contributed by atoms with Crippen LogP contribution in [0.4, 0.5) is 5.69 Å². The number of carbonyl (C=O) groups is 2.